The normalized spacial score (nSPS) is 13.3. The Kier molecular flexibility index (Phi) is 4.62. The van der Waals surface area contributed by atoms with E-state index < -0.39 is 0 Å². The summed E-state index contributed by atoms with van der Waals surface area (Å²) in [5, 5.41) is 4.11. The number of carbonyl (C=O) groups excluding carboxylic acids is 1. The van der Waals surface area contributed by atoms with Crippen LogP contribution in [0.1, 0.15) is 16.8 Å². The fraction of sp³-hybridized carbons (Fsp3) is 0.238. The number of fused-ring (bicyclic) bond motifs is 1. The van der Waals surface area contributed by atoms with Gasteiger partial charge in [-0.25, -0.2) is 4.39 Å². The minimum Gasteiger partial charge on any atom is -0.484 e. The second-order valence-electron chi connectivity index (χ2n) is 6.61. The molecule has 1 aliphatic heterocycles. The number of nitrogens with zero attached hydrogens (tertiary/aromatic N) is 2. The molecule has 0 spiro atoms. The van der Waals surface area contributed by atoms with Crippen molar-refractivity contribution >= 4 is 5.91 Å². The summed E-state index contributed by atoms with van der Waals surface area (Å²) in [5.74, 6) is 0.857. The molecule has 2 heterocycles. The second-order valence-corrected chi connectivity index (χ2v) is 6.61. The van der Waals surface area contributed by atoms with E-state index in [9.17, 15) is 9.18 Å². The molecule has 6 heteroatoms. The van der Waals surface area contributed by atoms with E-state index in [1.54, 1.807) is 17.0 Å². The van der Waals surface area contributed by atoms with Crippen molar-refractivity contribution in [1.82, 2.24) is 10.1 Å². The van der Waals surface area contributed by atoms with Crippen LogP contribution in [0.15, 0.2) is 53.1 Å². The van der Waals surface area contributed by atoms with Crippen molar-refractivity contribution in [2.75, 3.05) is 13.2 Å². The molecule has 0 atom stereocenters. The summed E-state index contributed by atoms with van der Waals surface area (Å²) in [4.78, 5) is 14.3. The molecule has 0 radical (unpaired) electrons. The number of aromatic nitrogens is 1. The van der Waals surface area contributed by atoms with Crippen LogP contribution in [0.3, 0.4) is 0 Å². The molecule has 0 fully saturated rings. The zero-order valence-electron chi connectivity index (χ0n) is 14.9. The molecular formula is C21H19FN2O3. The third-order valence-corrected chi connectivity index (χ3v) is 4.68. The number of halogens is 1. The predicted octanol–water partition coefficient (Wildman–Crippen LogP) is 3.75. The lowest BCUT2D eigenvalue weighted by molar-refractivity contribution is -0.134. The number of benzene rings is 2. The van der Waals surface area contributed by atoms with Crippen LogP contribution in [0.25, 0.3) is 11.3 Å². The maximum absolute atomic E-state index is 13.2. The van der Waals surface area contributed by atoms with Gasteiger partial charge in [0.15, 0.2) is 12.4 Å². The summed E-state index contributed by atoms with van der Waals surface area (Å²) in [6, 6.07) is 13.6. The van der Waals surface area contributed by atoms with Crippen molar-refractivity contribution in [2.45, 2.75) is 19.9 Å². The van der Waals surface area contributed by atoms with Gasteiger partial charge in [0.05, 0.1) is 12.2 Å². The van der Waals surface area contributed by atoms with Gasteiger partial charge in [0.1, 0.15) is 11.6 Å². The van der Waals surface area contributed by atoms with Crippen molar-refractivity contribution in [3.8, 4) is 17.1 Å². The first-order chi connectivity index (χ1) is 13.1. The number of rotatable bonds is 4. The first-order valence-electron chi connectivity index (χ1n) is 8.81. The quantitative estimate of drug-likeness (QED) is 0.706. The molecule has 27 heavy (non-hydrogen) atoms. The van der Waals surface area contributed by atoms with E-state index >= 15 is 0 Å². The van der Waals surface area contributed by atoms with Gasteiger partial charge < -0.3 is 14.2 Å². The Morgan fingerprint density at radius 1 is 1.19 bits per heavy atom. The summed E-state index contributed by atoms with van der Waals surface area (Å²) < 4.78 is 24.2. The molecule has 4 rings (SSSR count). The zero-order chi connectivity index (χ0) is 18.8. The molecule has 2 aromatic carbocycles. The fourth-order valence-electron chi connectivity index (χ4n) is 3.12. The summed E-state index contributed by atoms with van der Waals surface area (Å²) in [5.41, 5.74) is 3.60. The third kappa shape index (κ3) is 3.69. The standard InChI is InChI=1S/C21H19FN2O3/c1-14-2-8-17(9-3-14)26-13-20(25)24-11-10-19-18(12-24)21(27-23-19)15-4-6-16(22)7-5-15/h2-9H,10-13H2,1H3. The lowest BCUT2D eigenvalue weighted by Crippen LogP contribution is -2.38. The number of hydrogen-bond acceptors (Lipinski definition) is 4. The number of ether oxygens (including phenoxy) is 1. The molecule has 1 amide bonds. The predicted molar refractivity (Wildman–Crippen MR) is 97.7 cm³/mol. The van der Waals surface area contributed by atoms with Crippen LogP contribution in [0.4, 0.5) is 4.39 Å². The Hall–Kier alpha value is -3.15. The smallest absolute Gasteiger partial charge is 0.260 e. The minimum absolute atomic E-state index is 0.0183. The van der Waals surface area contributed by atoms with E-state index in [-0.39, 0.29) is 18.3 Å². The van der Waals surface area contributed by atoms with Gasteiger partial charge in [-0.15, -0.1) is 0 Å². The summed E-state index contributed by atoms with van der Waals surface area (Å²) in [6.45, 7) is 2.95. The van der Waals surface area contributed by atoms with Crippen LogP contribution < -0.4 is 4.74 Å². The molecule has 0 aliphatic carbocycles. The van der Waals surface area contributed by atoms with Crippen molar-refractivity contribution in [3.63, 3.8) is 0 Å². The van der Waals surface area contributed by atoms with Crippen LogP contribution in [0.5, 0.6) is 5.75 Å². The minimum atomic E-state index is -0.308. The number of amides is 1. The molecule has 0 saturated carbocycles. The molecule has 138 valence electrons. The second kappa shape index (κ2) is 7.23. The van der Waals surface area contributed by atoms with Crippen LogP contribution in [0.2, 0.25) is 0 Å². The van der Waals surface area contributed by atoms with E-state index in [0.717, 1.165) is 22.4 Å². The van der Waals surface area contributed by atoms with E-state index in [0.29, 0.717) is 31.0 Å². The SMILES string of the molecule is Cc1ccc(OCC(=O)N2CCc3noc(-c4ccc(F)cc4)c3C2)cc1. The molecule has 0 N–H and O–H groups in total. The highest BCUT2D eigenvalue weighted by Gasteiger charge is 2.27. The molecule has 1 aliphatic rings. The van der Waals surface area contributed by atoms with Crippen LogP contribution in [-0.4, -0.2) is 29.1 Å². The van der Waals surface area contributed by atoms with Crippen molar-refractivity contribution in [2.24, 2.45) is 0 Å². The number of hydrogen-bond donors (Lipinski definition) is 0. The number of carbonyl (C=O) groups is 1. The Labute approximate surface area is 156 Å². The van der Waals surface area contributed by atoms with Crippen LogP contribution in [0, 0.1) is 12.7 Å². The lowest BCUT2D eigenvalue weighted by atomic mass is 10.0. The highest BCUT2D eigenvalue weighted by molar-refractivity contribution is 5.78. The average Bonchev–Trinajstić information content (AvgIpc) is 3.11. The molecular weight excluding hydrogens is 347 g/mol. The van der Waals surface area contributed by atoms with Crippen LogP contribution >= 0.6 is 0 Å². The largest absolute Gasteiger partial charge is 0.484 e. The van der Waals surface area contributed by atoms with E-state index in [4.69, 9.17) is 9.26 Å². The maximum atomic E-state index is 13.2. The van der Waals surface area contributed by atoms with E-state index in [1.165, 1.54) is 12.1 Å². The first kappa shape index (κ1) is 17.3. The van der Waals surface area contributed by atoms with Crippen molar-refractivity contribution in [3.05, 3.63) is 71.2 Å². The third-order valence-electron chi connectivity index (χ3n) is 4.68. The van der Waals surface area contributed by atoms with Gasteiger partial charge >= 0.3 is 0 Å². The molecule has 0 bridgehead atoms. The molecule has 0 saturated heterocycles. The van der Waals surface area contributed by atoms with Crippen LogP contribution in [-0.2, 0) is 17.8 Å². The average molecular weight is 366 g/mol. The fourth-order valence-corrected chi connectivity index (χ4v) is 3.12. The first-order valence-corrected chi connectivity index (χ1v) is 8.81. The maximum Gasteiger partial charge on any atom is 0.260 e. The Bertz CT molecular complexity index is 949. The number of aryl methyl sites for hydroxylation is 1. The summed E-state index contributed by atoms with van der Waals surface area (Å²) in [7, 11) is 0. The Morgan fingerprint density at radius 3 is 2.67 bits per heavy atom. The van der Waals surface area contributed by atoms with Gasteiger partial charge in [0, 0.05) is 24.1 Å². The highest BCUT2D eigenvalue weighted by Crippen LogP contribution is 2.30. The molecule has 0 unspecified atom stereocenters. The Balaban J connectivity index is 1.45. The van der Waals surface area contributed by atoms with Crippen molar-refractivity contribution in [1.29, 1.82) is 0 Å². The van der Waals surface area contributed by atoms with Gasteiger partial charge in [-0.1, -0.05) is 22.9 Å². The summed E-state index contributed by atoms with van der Waals surface area (Å²) >= 11 is 0. The van der Waals surface area contributed by atoms with Gasteiger partial charge in [-0.2, -0.15) is 0 Å². The van der Waals surface area contributed by atoms with E-state index in [2.05, 4.69) is 5.16 Å². The van der Waals surface area contributed by atoms with Gasteiger partial charge in [-0.05, 0) is 43.3 Å². The Morgan fingerprint density at radius 2 is 1.93 bits per heavy atom. The molecule has 3 aromatic rings. The summed E-state index contributed by atoms with van der Waals surface area (Å²) in [6.07, 6.45) is 0.621. The highest BCUT2D eigenvalue weighted by atomic mass is 19.1. The topological polar surface area (TPSA) is 55.6 Å². The molecule has 5 nitrogen and oxygen atoms in total. The van der Waals surface area contributed by atoms with Gasteiger partial charge in [0.2, 0.25) is 0 Å². The monoisotopic (exact) mass is 366 g/mol. The van der Waals surface area contributed by atoms with Gasteiger partial charge in [-0.3, -0.25) is 4.79 Å². The molecule has 1 aromatic heterocycles. The van der Waals surface area contributed by atoms with E-state index in [1.807, 2.05) is 31.2 Å². The van der Waals surface area contributed by atoms with Crippen molar-refractivity contribution < 1.29 is 18.4 Å². The zero-order valence-corrected chi connectivity index (χ0v) is 14.9. The lowest BCUT2D eigenvalue weighted by Gasteiger charge is -2.26. The van der Waals surface area contributed by atoms with Gasteiger partial charge in [0.25, 0.3) is 5.91 Å².